The monoisotopic (exact) mass is 326 g/mol. The fourth-order valence-corrected chi connectivity index (χ4v) is 3.86. The molecule has 2 unspecified atom stereocenters. The Labute approximate surface area is 141 Å². The van der Waals surface area contributed by atoms with Gasteiger partial charge in [-0.2, -0.15) is 5.10 Å². The number of rotatable bonds is 3. The molecule has 2 fully saturated rings. The van der Waals surface area contributed by atoms with Crippen molar-refractivity contribution in [3.8, 4) is 0 Å². The summed E-state index contributed by atoms with van der Waals surface area (Å²) in [7, 11) is 1.86. The minimum Gasteiger partial charge on any atom is -0.362 e. The van der Waals surface area contributed by atoms with Crippen molar-refractivity contribution in [1.29, 1.82) is 0 Å². The zero-order chi connectivity index (χ0) is 16.9. The number of nitrogens with zero attached hydrogens (tertiary/aromatic N) is 5. The molecule has 126 valence electrons. The van der Waals surface area contributed by atoms with Crippen LogP contribution in [-0.2, 0) is 7.05 Å². The molecule has 4 rings (SSSR count). The molecule has 2 aromatic heterocycles. The molecule has 1 amide bonds. The number of carbonyl (C=O) groups excluding carboxylic acids is 1. The summed E-state index contributed by atoms with van der Waals surface area (Å²) in [5.74, 6) is 1.41. The molecule has 0 aromatic carbocycles. The van der Waals surface area contributed by atoms with Gasteiger partial charge >= 0.3 is 0 Å². The van der Waals surface area contributed by atoms with Crippen LogP contribution in [0.25, 0.3) is 0 Å². The molecule has 3 heterocycles. The van der Waals surface area contributed by atoms with Gasteiger partial charge in [0.2, 0.25) is 0 Å². The molecule has 0 radical (unpaired) electrons. The van der Waals surface area contributed by atoms with Crippen molar-refractivity contribution < 1.29 is 4.79 Å². The van der Waals surface area contributed by atoms with Gasteiger partial charge in [-0.3, -0.25) is 9.48 Å². The van der Waals surface area contributed by atoms with Crippen LogP contribution >= 0.6 is 0 Å². The molecular formula is C17H22N6O. The molecule has 1 saturated carbocycles. The molecule has 0 bridgehead atoms. The number of likely N-dealkylation sites (tertiary alicyclic amines) is 1. The number of carbonyl (C=O) groups is 1. The molecule has 2 atom stereocenters. The number of anilines is 1. The SMILES string of the molecule is Cc1cc(NC23CCC2CN(C(=O)c2cnn(C)c2C)C3)ncn1. The van der Waals surface area contributed by atoms with Crippen LogP contribution in [0.3, 0.4) is 0 Å². The molecule has 1 N–H and O–H groups in total. The Balaban J connectivity index is 1.54. The highest BCUT2D eigenvalue weighted by Crippen LogP contribution is 2.46. The van der Waals surface area contributed by atoms with Gasteiger partial charge in [0.05, 0.1) is 17.3 Å². The maximum Gasteiger partial charge on any atom is 0.257 e. The van der Waals surface area contributed by atoms with Gasteiger partial charge in [-0.1, -0.05) is 0 Å². The highest BCUT2D eigenvalue weighted by molar-refractivity contribution is 5.95. The minimum absolute atomic E-state index is 0.0490. The van der Waals surface area contributed by atoms with Crippen LogP contribution in [0.15, 0.2) is 18.6 Å². The number of aromatic nitrogens is 4. The average molecular weight is 326 g/mol. The highest BCUT2D eigenvalue weighted by atomic mass is 16.2. The van der Waals surface area contributed by atoms with Gasteiger partial charge in [0.15, 0.2) is 0 Å². The van der Waals surface area contributed by atoms with Crippen LogP contribution in [-0.4, -0.2) is 49.2 Å². The van der Waals surface area contributed by atoms with E-state index < -0.39 is 0 Å². The summed E-state index contributed by atoms with van der Waals surface area (Å²) < 4.78 is 1.75. The van der Waals surface area contributed by atoms with Crippen LogP contribution in [0.4, 0.5) is 5.82 Å². The lowest BCUT2D eigenvalue weighted by Crippen LogP contribution is -2.53. The zero-order valence-electron chi connectivity index (χ0n) is 14.3. The van der Waals surface area contributed by atoms with Crippen molar-refractivity contribution in [3.63, 3.8) is 0 Å². The van der Waals surface area contributed by atoms with E-state index in [-0.39, 0.29) is 11.4 Å². The second kappa shape index (κ2) is 5.29. The Kier molecular flexibility index (Phi) is 3.33. The summed E-state index contributed by atoms with van der Waals surface area (Å²) in [6.07, 6.45) is 5.47. The molecule has 0 spiro atoms. The summed E-state index contributed by atoms with van der Waals surface area (Å²) >= 11 is 0. The molecule has 2 aliphatic rings. The van der Waals surface area contributed by atoms with Gasteiger partial charge in [-0.25, -0.2) is 9.97 Å². The van der Waals surface area contributed by atoms with E-state index in [2.05, 4.69) is 20.4 Å². The maximum absolute atomic E-state index is 12.9. The Morgan fingerprint density at radius 2 is 2.21 bits per heavy atom. The third-order valence-electron chi connectivity index (χ3n) is 5.57. The second-order valence-electron chi connectivity index (χ2n) is 7.01. The molecular weight excluding hydrogens is 304 g/mol. The van der Waals surface area contributed by atoms with E-state index >= 15 is 0 Å². The summed E-state index contributed by atoms with van der Waals surface area (Å²) in [6.45, 7) is 5.40. The molecule has 1 aliphatic heterocycles. The molecule has 7 heteroatoms. The average Bonchev–Trinajstić information content (AvgIpc) is 2.99. The first-order valence-electron chi connectivity index (χ1n) is 8.33. The Hall–Kier alpha value is -2.44. The molecule has 24 heavy (non-hydrogen) atoms. The van der Waals surface area contributed by atoms with E-state index in [1.165, 1.54) is 0 Å². The number of amides is 1. The van der Waals surface area contributed by atoms with Crippen LogP contribution in [0.1, 0.15) is 34.6 Å². The predicted octanol–water partition coefficient (Wildman–Crippen LogP) is 1.54. The lowest BCUT2D eigenvalue weighted by atomic mass is 9.69. The maximum atomic E-state index is 12.9. The van der Waals surface area contributed by atoms with E-state index in [1.54, 1.807) is 17.2 Å². The first-order chi connectivity index (χ1) is 11.5. The number of aryl methyl sites for hydroxylation is 2. The van der Waals surface area contributed by atoms with E-state index in [1.807, 2.05) is 31.9 Å². The first-order valence-corrected chi connectivity index (χ1v) is 8.33. The lowest BCUT2D eigenvalue weighted by molar-refractivity contribution is 0.0785. The number of nitrogens with one attached hydrogen (secondary N) is 1. The predicted molar refractivity (Wildman–Crippen MR) is 89.7 cm³/mol. The molecule has 1 saturated heterocycles. The smallest absolute Gasteiger partial charge is 0.257 e. The van der Waals surface area contributed by atoms with E-state index in [0.29, 0.717) is 18.0 Å². The first kappa shape index (κ1) is 15.1. The minimum atomic E-state index is -0.0490. The summed E-state index contributed by atoms with van der Waals surface area (Å²) in [4.78, 5) is 23.3. The van der Waals surface area contributed by atoms with E-state index in [9.17, 15) is 4.79 Å². The number of fused-ring (bicyclic) bond motifs is 1. The van der Waals surface area contributed by atoms with Gasteiger partial charge in [0.1, 0.15) is 12.1 Å². The third kappa shape index (κ3) is 2.26. The largest absolute Gasteiger partial charge is 0.362 e. The van der Waals surface area contributed by atoms with Crippen LogP contribution < -0.4 is 5.32 Å². The van der Waals surface area contributed by atoms with Gasteiger partial charge in [-0.05, 0) is 26.7 Å². The van der Waals surface area contributed by atoms with Crippen molar-refractivity contribution >= 4 is 11.7 Å². The van der Waals surface area contributed by atoms with Crippen LogP contribution in [0.2, 0.25) is 0 Å². The summed E-state index contributed by atoms with van der Waals surface area (Å²) in [5.41, 5.74) is 2.50. The van der Waals surface area contributed by atoms with Gasteiger partial charge in [0, 0.05) is 43.5 Å². The lowest BCUT2D eigenvalue weighted by Gasteiger charge is -2.44. The number of hydrogen-bond donors (Lipinski definition) is 1. The standard InChI is InChI=1S/C17H22N6O/c1-11-6-15(19-10-18-11)21-17-5-4-13(17)8-23(9-17)16(24)14-7-20-22(3)12(14)2/h6-7,10,13H,4-5,8-9H2,1-3H3,(H,18,19,21). The topological polar surface area (TPSA) is 75.9 Å². The van der Waals surface area contributed by atoms with E-state index in [4.69, 9.17) is 0 Å². The van der Waals surface area contributed by atoms with Crippen molar-refractivity contribution in [2.75, 3.05) is 18.4 Å². The Morgan fingerprint density at radius 1 is 1.38 bits per heavy atom. The quantitative estimate of drug-likeness (QED) is 0.926. The van der Waals surface area contributed by atoms with Crippen molar-refractivity contribution in [3.05, 3.63) is 35.5 Å². The molecule has 1 aliphatic carbocycles. The summed E-state index contributed by atoms with van der Waals surface area (Å²) in [5, 5.41) is 7.78. The van der Waals surface area contributed by atoms with Gasteiger partial charge < -0.3 is 10.2 Å². The van der Waals surface area contributed by atoms with E-state index in [0.717, 1.165) is 36.6 Å². The third-order valence-corrected chi connectivity index (χ3v) is 5.57. The highest BCUT2D eigenvalue weighted by Gasteiger charge is 2.54. The normalized spacial score (nSPS) is 25.3. The number of hydrogen-bond acceptors (Lipinski definition) is 5. The fourth-order valence-electron chi connectivity index (χ4n) is 3.86. The zero-order valence-corrected chi connectivity index (χ0v) is 14.3. The van der Waals surface area contributed by atoms with Gasteiger partial charge in [0.25, 0.3) is 5.91 Å². The van der Waals surface area contributed by atoms with Crippen LogP contribution in [0, 0.1) is 19.8 Å². The molecule has 7 nitrogen and oxygen atoms in total. The summed E-state index contributed by atoms with van der Waals surface area (Å²) in [6, 6.07) is 1.96. The molecule has 2 aromatic rings. The van der Waals surface area contributed by atoms with Crippen molar-refractivity contribution in [1.82, 2.24) is 24.6 Å². The Bertz CT molecular complexity index is 800. The second-order valence-corrected chi connectivity index (χ2v) is 7.01. The fraction of sp³-hybridized carbons (Fsp3) is 0.529. The van der Waals surface area contributed by atoms with Crippen LogP contribution in [0.5, 0.6) is 0 Å². The van der Waals surface area contributed by atoms with Crippen molar-refractivity contribution in [2.24, 2.45) is 13.0 Å². The van der Waals surface area contributed by atoms with Gasteiger partial charge in [-0.15, -0.1) is 0 Å². The Morgan fingerprint density at radius 3 is 2.83 bits per heavy atom. The van der Waals surface area contributed by atoms with Crippen molar-refractivity contribution in [2.45, 2.75) is 32.2 Å².